The van der Waals surface area contributed by atoms with Gasteiger partial charge in [0.25, 0.3) is 0 Å². The minimum absolute atomic E-state index is 0.380. The molecule has 1 atom stereocenters. The van der Waals surface area contributed by atoms with Crippen LogP contribution in [-0.4, -0.2) is 28.7 Å². The second-order valence-corrected chi connectivity index (χ2v) is 5.94. The largest absolute Gasteiger partial charge is 0.340 e. The lowest BCUT2D eigenvalue weighted by atomic mass is 10.1. The van der Waals surface area contributed by atoms with Gasteiger partial charge in [0.1, 0.15) is 0 Å². The molecule has 3 heteroatoms. The molecule has 0 bridgehead atoms. The van der Waals surface area contributed by atoms with E-state index in [0.717, 1.165) is 24.7 Å². The summed E-state index contributed by atoms with van der Waals surface area (Å²) in [5, 5.41) is 1.05. The Morgan fingerprint density at radius 1 is 1.50 bits per heavy atom. The number of rotatable bonds is 6. The van der Waals surface area contributed by atoms with Gasteiger partial charge in [0.15, 0.2) is 0 Å². The first-order chi connectivity index (χ1) is 7.65. The molecule has 1 saturated heterocycles. The van der Waals surface area contributed by atoms with Gasteiger partial charge in [0.2, 0.25) is 5.91 Å². The van der Waals surface area contributed by atoms with Crippen LogP contribution in [0.2, 0.25) is 0 Å². The second kappa shape index (κ2) is 7.31. The Morgan fingerprint density at radius 3 is 2.88 bits per heavy atom. The van der Waals surface area contributed by atoms with Crippen molar-refractivity contribution >= 4 is 21.8 Å². The van der Waals surface area contributed by atoms with Gasteiger partial charge < -0.3 is 4.90 Å². The van der Waals surface area contributed by atoms with Crippen LogP contribution in [0.3, 0.4) is 0 Å². The maximum absolute atomic E-state index is 12.0. The number of amides is 1. The summed E-state index contributed by atoms with van der Waals surface area (Å²) < 4.78 is 0. The van der Waals surface area contributed by atoms with Gasteiger partial charge in [-0.05, 0) is 38.0 Å². The van der Waals surface area contributed by atoms with Crippen molar-refractivity contribution in [2.75, 3.05) is 11.9 Å². The Labute approximate surface area is 108 Å². The molecule has 1 unspecified atom stereocenters. The highest BCUT2D eigenvalue weighted by atomic mass is 79.9. The van der Waals surface area contributed by atoms with Gasteiger partial charge in [0, 0.05) is 24.3 Å². The van der Waals surface area contributed by atoms with Gasteiger partial charge >= 0.3 is 0 Å². The molecule has 0 saturated carbocycles. The van der Waals surface area contributed by atoms with Crippen LogP contribution < -0.4 is 0 Å². The van der Waals surface area contributed by atoms with Crippen LogP contribution in [0.25, 0.3) is 0 Å². The van der Waals surface area contributed by atoms with Gasteiger partial charge in [-0.3, -0.25) is 4.79 Å². The van der Waals surface area contributed by atoms with Gasteiger partial charge in [-0.1, -0.05) is 29.8 Å². The molecule has 0 aromatic carbocycles. The molecular formula is C13H24BrNO. The van der Waals surface area contributed by atoms with Gasteiger partial charge in [-0.2, -0.15) is 0 Å². The van der Waals surface area contributed by atoms with Crippen LogP contribution in [-0.2, 0) is 4.79 Å². The van der Waals surface area contributed by atoms with E-state index in [4.69, 9.17) is 0 Å². The molecule has 0 aromatic heterocycles. The van der Waals surface area contributed by atoms with E-state index in [0.29, 0.717) is 17.9 Å². The molecule has 0 N–H and O–H groups in total. The highest BCUT2D eigenvalue weighted by Gasteiger charge is 2.27. The number of halogens is 1. The molecule has 1 heterocycles. The first kappa shape index (κ1) is 14.0. The zero-order valence-corrected chi connectivity index (χ0v) is 12.1. The first-order valence-electron chi connectivity index (χ1n) is 6.50. The molecule has 2 nitrogen and oxygen atoms in total. The zero-order valence-electron chi connectivity index (χ0n) is 10.5. The summed E-state index contributed by atoms with van der Waals surface area (Å²) in [7, 11) is 0. The number of alkyl halides is 1. The topological polar surface area (TPSA) is 20.3 Å². The van der Waals surface area contributed by atoms with E-state index in [2.05, 4.69) is 34.7 Å². The summed E-state index contributed by atoms with van der Waals surface area (Å²) in [6.45, 7) is 5.35. The SMILES string of the molecule is CC(C)CCC(=O)N1CCCC1CCCBr. The van der Waals surface area contributed by atoms with E-state index in [9.17, 15) is 4.79 Å². The predicted octanol–water partition coefficient (Wildman–Crippen LogP) is 3.59. The van der Waals surface area contributed by atoms with Crippen molar-refractivity contribution < 1.29 is 4.79 Å². The summed E-state index contributed by atoms with van der Waals surface area (Å²) in [6, 6.07) is 0.525. The lowest BCUT2D eigenvalue weighted by Crippen LogP contribution is -2.35. The molecular weight excluding hydrogens is 266 g/mol. The molecule has 0 aliphatic carbocycles. The van der Waals surface area contributed by atoms with Crippen molar-refractivity contribution in [2.45, 2.75) is 58.4 Å². The lowest BCUT2D eigenvalue weighted by molar-refractivity contribution is -0.132. The van der Waals surface area contributed by atoms with Crippen molar-refractivity contribution in [1.82, 2.24) is 4.90 Å². The fourth-order valence-corrected chi connectivity index (χ4v) is 2.66. The fraction of sp³-hybridized carbons (Fsp3) is 0.923. The van der Waals surface area contributed by atoms with Crippen molar-refractivity contribution in [2.24, 2.45) is 5.92 Å². The Hall–Kier alpha value is -0.0500. The Kier molecular flexibility index (Phi) is 6.40. The molecule has 1 rings (SSSR count). The van der Waals surface area contributed by atoms with E-state index >= 15 is 0 Å². The first-order valence-corrected chi connectivity index (χ1v) is 7.62. The fourth-order valence-electron chi connectivity index (χ4n) is 2.33. The van der Waals surface area contributed by atoms with E-state index in [-0.39, 0.29) is 0 Å². The maximum atomic E-state index is 12.0. The lowest BCUT2D eigenvalue weighted by Gasteiger charge is -2.25. The Bertz CT molecular complexity index is 218. The van der Waals surface area contributed by atoms with E-state index in [1.165, 1.54) is 25.7 Å². The molecule has 16 heavy (non-hydrogen) atoms. The molecule has 1 amide bonds. The molecule has 0 aromatic rings. The number of hydrogen-bond donors (Lipinski definition) is 0. The van der Waals surface area contributed by atoms with Crippen molar-refractivity contribution in [3.8, 4) is 0 Å². The van der Waals surface area contributed by atoms with Crippen LogP contribution in [0.5, 0.6) is 0 Å². The third-order valence-electron chi connectivity index (χ3n) is 3.30. The summed E-state index contributed by atoms with van der Waals surface area (Å²) >= 11 is 3.46. The predicted molar refractivity (Wildman–Crippen MR) is 71.8 cm³/mol. The standard InChI is InChI=1S/C13H24BrNO/c1-11(2)7-8-13(16)15-10-4-6-12(15)5-3-9-14/h11-12H,3-10H2,1-2H3. The van der Waals surface area contributed by atoms with E-state index < -0.39 is 0 Å². The summed E-state index contributed by atoms with van der Waals surface area (Å²) in [5.41, 5.74) is 0. The van der Waals surface area contributed by atoms with Gasteiger partial charge in [-0.25, -0.2) is 0 Å². The van der Waals surface area contributed by atoms with Crippen LogP contribution >= 0.6 is 15.9 Å². The van der Waals surface area contributed by atoms with Crippen LogP contribution in [0.15, 0.2) is 0 Å². The quantitative estimate of drug-likeness (QED) is 0.685. The van der Waals surface area contributed by atoms with Crippen molar-refractivity contribution in [1.29, 1.82) is 0 Å². The highest BCUT2D eigenvalue weighted by Crippen LogP contribution is 2.23. The number of nitrogens with zero attached hydrogens (tertiary/aromatic N) is 1. The third-order valence-corrected chi connectivity index (χ3v) is 3.86. The number of hydrogen-bond acceptors (Lipinski definition) is 1. The molecule has 94 valence electrons. The highest BCUT2D eigenvalue weighted by molar-refractivity contribution is 9.09. The Balaban J connectivity index is 2.35. The van der Waals surface area contributed by atoms with Crippen LogP contribution in [0.1, 0.15) is 52.4 Å². The molecule has 0 radical (unpaired) electrons. The minimum Gasteiger partial charge on any atom is -0.340 e. The molecule has 1 fully saturated rings. The van der Waals surface area contributed by atoms with Gasteiger partial charge in [-0.15, -0.1) is 0 Å². The van der Waals surface area contributed by atoms with E-state index in [1.54, 1.807) is 0 Å². The Morgan fingerprint density at radius 2 is 2.25 bits per heavy atom. The number of carbonyl (C=O) groups excluding carboxylic acids is 1. The maximum Gasteiger partial charge on any atom is 0.222 e. The smallest absolute Gasteiger partial charge is 0.222 e. The summed E-state index contributed by atoms with van der Waals surface area (Å²) in [5.74, 6) is 1.01. The van der Waals surface area contributed by atoms with Gasteiger partial charge in [0.05, 0.1) is 0 Å². The third kappa shape index (κ3) is 4.44. The molecule has 1 aliphatic heterocycles. The molecule has 1 aliphatic rings. The van der Waals surface area contributed by atoms with E-state index in [1.807, 2.05) is 0 Å². The average molecular weight is 290 g/mol. The minimum atomic E-state index is 0.380. The van der Waals surface area contributed by atoms with Crippen molar-refractivity contribution in [3.63, 3.8) is 0 Å². The number of likely N-dealkylation sites (tertiary alicyclic amines) is 1. The molecule has 0 spiro atoms. The summed E-state index contributed by atoms with van der Waals surface area (Å²) in [6.07, 6.45) is 6.51. The monoisotopic (exact) mass is 289 g/mol. The van der Waals surface area contributed by atoms with Crippen LogP contribution in [0, 0.1) is 5.92 Å². The average Bonchev–Trinajstić information content (AvgIpc) is 2.71. The van der Waals surface area contributed by atoms with Crippen LogP contribution in [0.4, 0.5) is 0 Å². The number of carbonyl (C=O) groups is 1. The van der Waals surface area contributed by atoms with Crippen molar-refractivity contribution in [3.05, 3.63) is 0 Å². The zero-order chi connectivity index (χ0) is 12.0. The second-order valence-electron chi connectivity index (χ2n) is 5.15. The normalized spacial score (nSPS) is 20.8. The summed E-state index contributed by atoms with van der Waals surface area (Å²) in [4.78, 5) is 14.2.